The summed E-state index contributed by atoms with van der Waals surface area (Å²) in [5.41, 5.74) is -2.43. The first-order chi connectivity index (χ1) is 30.7. The largest absolute Gasteiger partial charge is 0.394 e. The summed E-state index contributed by atoms with van der Waals surface area (Å²) in [7, 11) is 0. The van der Waals surface area contributed by atoms with Crippen LogP contribution in [0.4, 0.5) is 0 Å². The van der Waals surface area contributed by atoms with Crippen LogP contribution in [0.1, 0.15) is 114 Å². The number of hydrogen-bond acceptors (Lipinski definition) is 18. The summed E-state index contributed by atoms with van der Waals surface area (Å²) in [6.07, 6.45) is -18.3. The van der Waals surface area contributed by atoms with Crippen molar-refractivity contribution >= 4 is 0 Å². The molecule has 3 aliphatic heterocycles. The Morgan fingerprint density at radius 3 is 1.89 bits per heavy atom. The smallest absolute Gasteiger partial charge is 0.187 e. The van der Waals surface area contributed by atoms with E-state index in [9.17, 15) is 61.3 Å². The Labute approximate surface area is 388 Å². The van der Waals surface area contributed by atoms with Crippen LogP contribution in [0.25, 0.3) is 0 Å². The molecule has 4 aliphatic carbocycles. The standard InChI is InChI=1S/C48H82O18/c1-21(2)11-10-14-48(9,66-42-38(60)35(57)32(54)26(19-49)63-42)23-12-16-46(7)30(23)24(51)17-28-45(6)15-13-29(52)44(4,5)40(45)25(18-47(28,46)8)62-43-39(36(58)33(55)27(20-50)64-43)65-41-37(59)34(56)31(53)22(3)61-41/h11,22-43,49-60H,10,12-20H2,1-9H3/t22-,23-,24-,25-,26+,27-,28-,29+,30+,31-,32+,33-,34-,35-,36+,37+,38+,39+,40+,41+,42-,43-,45+,46-,47+,48+/m1/s1. The molecule has 0 unspecified atom stereocenters. The first-order valence-electron chi connectivity index (χ1n) is 24.3. The Morgan fingerprint density at radius 2 is 1.27 bits per heavy atom. The van der Waals surface area contributed by atoms with Gasteiger partial charge in [-0.1, -0.05) is 46.3 Å². The Kier molecular flexibility index (Phi) is 15.4. The van der Waals surface area contributed by atoms with E-state index >= 15 is 0 Å². The number of aliphatic hydroxyl groups is 12. The fourth-order valence-corrected chi connectivity index (χ4v) is 14.9. The third kappa shape index (κ3) is 8.69. The fourth-order valence-electron chi connectivity index (χ4n) is 14.9. The van der Waals surface area contributed by atoms with Crippen LogP contribution in [0, 0.1) is 45.3 Å². The number of aliphatic hydroxyl groups excluding tert-OH is 12. The molecular formula is C48H82O18. The van der Waals surface area contributed by atoms with Gasteiger partial charge in [0.2, 0.25) is 0 Å². The number of ether oxygens (including phenoxy) is 6. The summed E-state index contributed by atoms with van der Waals surface area (Å²) in [6, 6.07) is 0. The van der Waals surface area contributed by atoms with E-state index in [2.05, 4.69) is 26.8 Å². The van der Waals surface area contributed by atoms with E-state index in [1.807, 2.05) is 34.6 Å². The zero-order valence-electron chi connectivity index (χ0n) is 40.2. The van der Waals surface area contributed by atoms with Crippen molar-refractivity contribution in [1.29, 1.82) is 0 Å². The maximum absolute atomic E-state index is 12.7. The predicted octanol–water partition coefficient (Wildman–Crippen LogP) is -0.0284. The molecule has 0 bridgehead atoms. The molecule has 0 aromatic heterocycles. The summed E-state index contributed by atoms with van der Waals surface area (Å²) in [6.45, 7) is 16.8. The summed E-state index contributed by atoms with van der Waals surface area (Å²) in [5.74, 6) is -1.12. The normalized spacial score (nSPS) is 53.5. The second-order valence-electron chi connectivity index (χ2n) is 23.0. The molecule has 0 spiro atoms. The number of fused-ring (bicyclic) bond motifs is 5. The van der Waals surface area contributed by atoms with Crippen molar-refractivity contribution in [2.45, 2.75) is 230 Å². The third-order valence-electron chi connectivity index (χ3n) is 18.7. The molecule has 0 amide bonds. The van der Waals surface area contributed by atoms with Gasteiger partial charge in [0.1, 0.15) is 67.1 Å². The van der Waals surface area contributed by atoms with E-state index in [0.29, 0.717) is 51.4 Å². The lowest BCUT2D eigenvalue weighted by molar-refractivity contribution is -0.382. The molecule has 66 heavy (non-hydrogen) atoms. The summed E-state index contributed by atoms with van der Waals surface area (Å²) < 4.78 is 38.1. The van der Waals surface area contributed by atoms with E-state index in [0.717, 1.165) is 5.57 Å². The van der Waals surface area contributed by atoms with Crippen LogP contribution < -0.4 is 0 Å². The van der Waals surface area contributed by atoms with Crippen molar-refractivity contribution < 1.29 is 89.7 Å². The minimum absolute atomic E-state index is 0.0861. The molecule has 7 aliphatic rings. The second kappa shape index (κ2) is 19.2. The third-order valence-corrected chi connectivity index (χ3v) is 18.7. The molecule has 3 saturated heterocycles. The van der Waals surface area contributed by atoms with Crippen molar-refractivity contribution in [3.8, 4) is 0 Å². The molecule has 7 rings (SSSR count). The average Bonchev–Trinajstić information content (AvgIpc) is 3.64. The van der Waals surface area contributed by atoms with Crippen LogP contribution in [0.3, 0.4) is 0 Å². The Bertz CT molecular complexity index is 1700. The van der Waals surface area contributed by atoms with E-state index in [1.165, 1.54) is 6.92 Å². The van der Waals surface area contributed by atoms with Gasteiger partial charge in [0.25, 0.3) is 0 Å². The Balaban J connectivity index is 1.27. The molecule has 26 atom stereocenters. The Hall–Kier alpha value is -0.980. The molecule has 4 saturated carbocycles. The topological polar surface area (TPSA) is 298 Å². The molecule has 12 N–H and O–H groups in total. The van der Waals surface area contributed by atoms with Crippen molar-refractivity contribution in [3.05, 3.63) is 11.6 Å². The summed E-state index contributed by atoms with van der Waals surface area (Å²) >= 11 is 0. The maximum atomic E-state index is 12.7. The van der Waals surface area contributed by atoms with Gasteiger partial charge in [-0.3, -0.25) is 0 Å². The lowest BCUT2D eigenvalue weighted by atomic mass is 9.34. The van der Waals surface area contributed by atoms with Gasteiger partial charge in [-0.25, -0.2) is 0 Å². The van der Waals surface area contributed by atoms with Gasteiger partial charge < -0.3 is 89.7 Å². The van der Waals surface area contributed by atoms with E-state index in [1.54, 1.807) is 0 Å². The second-order valence-corrected chi connectivity index (χ2v) is 23.0. The molecule has 0 aromatic rings. The van der Waals surface area contributed by atoms with Crippen LogP contribution in [0.2, 0.25) is 0 Å². The fraction of sp³-hybridized carbons (Fsp3) is 0.958. The van der Waals surface area contributed by atoms with E-state index < -0.39 is 151 Å². The molecule has 382 valence electrons. The van der Waals surface area contributed by atoms with Crippen LogP contribution in [0.5, 0.6) is 0 Å². The first kappa shape index (κ1) is 52.8. The van der Waals surface area contributed by atoms with Gasteiger partial charge in [0, 0.05) is 0 Å². The van der Waals surface area contributed by atoms with Crippen molar-refractivity contribution in [2.75, 3.05) is 13.2 Å². The molecule has 0 aromatic carbocycles. The highest BCUT2D eigenvalue weighted by atomic mass is 16.8. The van der Waals surface area contributed by atoms with Gasteiger partial charge in [0.05, 0.1) is 43.2 Å². The highest BCUT2D eigenvalue weighted by Gasteiger charge is 2.74. The minimum Gasteiger partial charge on any atom is -0.394 e. The lowest BCUT2D eigenvalue weighted by Gasteiger charge is -2.72. The van der Waals surface area contributed by atoms with Gasteiger partial charge >= 0.3 is 0 Å². The van der Waals surface area contributed by atoms with Gasteiger partial charge in [-0.15, -0.1) is 0 Å². The van der Waals surface area contributed by atoms with Gasteiger partial charge in [-0.05, 0) is 124 Å². The lowest BCUT2D eigenvalue weighted by Crippen LogP contribution is -2.71. The minimum atomic E-state index is -1.75. The average molecular weight is 947 g/mol. The zero-order valence-corrected chi connectivity index (χ0v) is 40.2. The van der Waals surface area contributed by atoms with Crippen LogP contribution in [-0.2, 0) is 28.4 Å². The van der Waals surface area contributed by atoms with Crippen molar-refractivity contribution in [2.24, 2.45) is 45.3 Å². The van der Waals surface area contributed by atoms with Crippen molar-refractivity contribution in [3.63, 3.8) is 0 Å². The molecule has 0 radical (unpaired) electrons. The van der Waals surface area contributed by atoms with Crippen LogP contribution in [-0.4, -0.2) is 191 Å². The maximum Gasteiger partial charge on any atom is 0.187 e. The predicted molar refractivity (Wildman–Crippen MR) is 234 cm³/mol. The number of hydrogen-bond donors (Lipinski definition) is 12. The van der Waals surface area contributed by atoms with Gasteiger partial charge in [0.15, 0.2) is 18.9 Å². The zero-order chi connectivity index (χ0) is 48.8. The summed E-state index contributed by atoms with van der Waals surface area (Å²) in [5, 5.41) is 132. The molecular weight excluding hydrogens is 865 g/mol. The number of allylic oxidation sites excluding steroid dienone is 2. The molecule has 3 heterocycles. The SMILES string of the molecule is CC(C)=CCC[C@](C)(O[C@H]1O[C@@H](CO)[C@H](O)[C@@H](O)[C@@H]1O)[C@@H]1CC[C@]2(C)[C@@H]1[C@H](O)C[C@@H]1[C@]3(C)CC[C@H](O)C(C)(C)[C@@H]3[C@H](O[C@@H]3O[C@H](CO)[C@@H](O)[C@H](O)[C@@H]3O[C@@H]3O[C@H](C)[C@@H](O)[C@@H](O)[C@@H]3O)C[C@@]12C. The molecule has 18 heteroatoms. The van der Waals surface area contributed by atoms with Crippen molar-refractivity contribution in [1.82, 2.24) is 0 Å². The van der Waals surface area contributed by atoms with Gasteiger partial charge in [-0.2, -0.15) is 0 Å². The van der Waals surface area contributed by atoms with Crippen LogP contribution >= 0.6 is 0 Å². The highest BCUT2D eigenvalue weighted by molar-refractivity contribution is 5.22. The van der Waals surface area contributed by atoms with Crippen LogP contribution in [0.15, 0.2) is 11.6 Å². The Morgan fingerprint density at radius 1 is 0.682 bits per heavy atom. The number of rotatable bonds is 12. The van der Waals surface area contributed by atoms with E-state index in [4.69, 9.17) is 28.4 Å². The molecule has 7 fully saturated rings. The first-order valence-corrected chi connectivity index (χ1v) is 24.3. The quantitative estimate of drug-likeness (QED) is 0.0904. The monoisotopic (exact) mass is 947 g/mol. The summed E-state index contributed by atoms with van der Waals surface area (Å²) in [4.78, 5) is 0. The van der Waals surface area contributed by atoms with E-state index in [-0.39, 0.29) is 23.7 Å². The molecule has 18 nitrogen and oxygen atoms in total. The highest BCUT2D eigenvalue weighted by Crippen LogP contribution is 2.76.